The van der Waals surface area contributed by atoms with Crippen LogP contribution >= 0.6 is 15.9 Å². The first kappa shape index (κ1) is 11.3. The first-order chi connectivity index (χ1) is 8.15. The third-order valence-electron chi connectivity index (χ3n) is 3.90. The van der Waals surface area contributed by atoms with Crippen molar-refractivity contribution in [3.63, 3.8) is 0 Å². The second-order valence-corrected chi connectivity index (χ2v) is 6.23. The maximum atomic E-state index is 11.3. The number of benzene rings is 1. The second-order valence-electron chi connectivity index (χ2n) is 5.24. The number of rotatable bonds is 3. The average Bonchev–Trinajstić information content (AvgIpc) is 3.08. The van der Waals surface area contributed by atoms with Gasteiger partial charge in [0.15, 0.2) is 0 Å². The number of carbonyl (C=O) groups is 1. The predicted molar refractivity (Wildman–Crippen MR) is 72.3 cm³/mol. The molecule has 0 bridgehead atoms. The molecule has 0 aromatic heterocycles. The highest BCUT2D eigenvalue weighted by Gasteiger charge is 2.33. The minimum atomic E-state index is 0.110. The lowest BCUT2D eigenvalue weighted by molar-refractivity contribution is -0.115. The molecule has 90 valence electrons. The quantitative estimate of drug-likeness (QED) is 0.847. The highest BCUT2D eigenvalue weighted by atomic mass is 79.9. The third-order valence-corrected chi connectivity index (χ3v) is 5.26. The molecule has 1 aliphatic carbocycles. The van der Waals surface area contributed by atoms with Crippen LogP contribution < -0.4 is 5.32 Å². The molecule has 2 aliphatic rings. The van der Waals surface area contributed by atoms with Crippen LogP contribution in [-0.4, -0.2) is 5.91 Å². The maximum absolute atomic E-state index is 11.3. The summed E-state index contributed by atoms with van der Waals surface area (Å²) in [4.78, 5) is 11.7. The van der Waals surface area contributed by atoms with E-state index in [-0.39, 0.29) is 5.91 Å². The SMILES string of the molecule is CC(C1CC1)C(Br)c1ccc2c(c1)CC(=O)N2. The number of amides is 1. The van der Waals surface area contributed by atoms with E-state index >= 15 is 0 Å². The van der Waals surface area contributed by atoms with E-state index in [2.05, 4.69) is 40.3 Å². The summed E-state index contributed by atoms with van der Waals surface area (Å²) in [6.07, 6.45) is 3.27. The van der Waals surface area contributed by atoms with Gasteiger partial charge in [-0.25, -0.2) is 0 Å². The van der Waals surface area contributed by atoms with Crippen molar-refractivity contribution in [2.24, 2.45) is 11.8 Å². The number of hydrogen-bond donors (Lipinski definition) is 1. The van der Waals surface area contributed by atoms with Crippen molar-refractivity contribution in [2.45, 2.75) is 31.0 Å². The lowest BCUT2D eigenvalue weighted by Crippen LogP contribution is -2.05. The molecule has 0 radical (unpaired) electrons. The van der Waals surface area contributed by atoms with Crippen LogP contribution in [0.2, 0.25) is 0 Å². The van der Waals surface area contributed by atoms with E-state index in [0.29, 0.717) is 17.2 Å². The highest BCUT2D eigenvalue weighted by molar-refractivity contribution is 9.09. The molecule has 1 saturated carbocycles. The zero-order chi connectivity index (χ0) is 12.0. The lowest BCUT2D eigenvalue weighted by Gasteiger charge is -2.18. The van der Waals surface area contributed by atoms with E-state index in [9.17, 15) is 4.79 Å². The molecule has 2 unspecified atom stereocenters. The van der Waals surface area contributed by atoms with E-state index in [1.807, 2.05) is 6.07 Å². The Labute approximate surface area is 110 Å². The largest absolute Gasteiger partial charge is 0.326 e. The van der Waals surface area contributed by atoms with Crippen LogP contribution in [0.1, 0.15) is 35.7 Å². The molecule has 3 rings (SSSR count). The van der Waals surface area contributed by atoms with Crippen molar-refractivity contribution < 1.29 is 4.79 Å². The van der Waals surface area contributed by atoms with Crippen LogP contribution in [0.4, 0.5) is 5.69 Å². The molecule has 2 atom stereocenters. The zero-order valence-electron chi connectivity index (χ0n) is 9.87. The van der Waals surface area contributed by atoms with Crippen molar-refractivity contribution in [1.82, 2.24) is 0 Å². The van der Waals surface area contributed by atoms with Gasteiger partial charge in [0.25, 0.3) is 0 Å². The number of anilines is 1. The van der Waals surface area contributed by atoms with Crippen LogP contribution in [0.5, 0.6) is 0 Å². The van der Waals surface area contributed by atoms with Crippen LogP contribution in [0.15, 0.2) is 18.2 Å². The Morgan fingerprint density at radius 3 is 2.88 bits per heavy atom. The van der Waals surface area contributed by atoms with Crippen molar-refractivity contribution in [3.05, 3.63) is 29.3 Å². The van der Waals surface area contributed by atoms with Crippen LogP contribution in [0.25, 0.3) is 0 Å². The minimum absolute atomic E-state index is 0.110. The predicted octanol–water partition coefficient (Wildman–Crippen LogP) is 3.66. The van der Waals surface area contributed by atoms with Gasteiger partial charge in [-0.1, -0.05) is 35.0 Å². The molecule has 0 saturated heterocycles. The molecule has 1 aliphatic heterocycles. The average molecular weight is 294 g/mol. The Hall–Kier alpha value is -0.830. The zero-order valence-corrected chi connectivity index (χ0v) is 11.5. The van der Waals surface area contributed by atoms with Crippen LogP contribution in [0.3, 0.4) is 0 Å². The van der Waals surface area contributed by atoms with Crippen molar-refractivity contribution in [1.29, 1.82) is 0 Å². The highest BCUT2D eigenvalue weighted by Crippen LogP contribution is 2.46. The summed E-state index contributed by atoms with van der Waals surface area (Å²) in [5.41, 5.74) is 3.43. The van der Waals surface area contributed by atoms with E-state index in [4.69, 9.17) is 0 Å². The molecule has 2 nitrogen and oxygen atoms in total. The third kappa shape index (κ3) is 2.13. The van der Waals surface area contributed by atoms with Gasteiger partial charge in [-0.05, 0) is 41.9 Å². The van der Waals surface area contributed by atoms with Gasteiger partial charge in [-0.3, -0.25) is 4.79 Å². The minimum Gasteiger partial charge on any atom is -0.326 e. The van der Waals surface area contributed by atoms with Crippen molar-refractivity contribution in [3.8, 4) is 0 Å². The summed E-state index contributed by atoms with van der Waals surface area (Å²) in [5.74, 6) is 1.67. The molecular formula is C14H16BrNO. The Morgan fingerprint density at radius 2 is 2.18 bits per heavy atom. The van der Waals surface area contributed by atoms with Gasteiger partial charge in [0.2, 0.25) is 5.91 Å². The Balaban J connectivity index is 1.84. The van der Waals surface area contributed by atoms with E-state index < -0.39 is 0 Å². The number of alkyl halides is 1. The molecule has 1 N–H and O–H groups in total. The maximum Gasteiger partial charge on any atom is 0.228 e. The topological polar surface area (TPSA) is 29.1 Å². The van der Waals surface area contributed by atoms with Crippen molar-refractivity contribution in [2.75, 3.05) is 5.32 Å². The molecule has 1 amide bonds. The van der Waals surface area contributed by atoms with E-state index in [0.717, 1.165) is 17.2 Å². The fourth-order valence-electron chi connectivity index (χ4n) is 2.59. The molecule has 1 heterocycles. The second kappa shape index (κ2) is 4.13. The first-order valence-corrected chi connectivity index (χ1v) is 7.13. The van der Waals surface area contributed by atoms with Gasteiger partial charge >= 0.3 is 0 Å². The number of fused-ring (bicyclic) bond motifs is 1. The summed E-state index contributed by atoms with van der Waals surface area (Å²) in [7, 11) is 0. The monoisotopic (exact) mass is 293 g/mol. The van der Waals surface area contributed by atoms with Gasteiger partial charge in [0.05, 0.1) is 6.42 Å². The molecule has 1 aromatic carbocycles. The molecule has 3 heteroatoms. The van der Waals surface area contributed by atoms with Gasteiger partial charge in [-0.2, -0.15) is 0 Å². The standard InChI is InChI=1S/C14H16BrNO/c1-8(9-2-3-9)14(15)10-4-5-12-11(6-10)7-13(17)16-12/h4-6,8-9,14H,2-3,7H2,1H3,(H,16,17). The molecular weight excluding hydrogens is 278 g/mol. The Kier molecular flexibility index (Phi) is 2.74. The summed E-state index contributed by atoms with van der Waals surface area (Å²) in [6, 6.07) is 6.33. The normalized spacial score (nSPS) is 21.9. The first-order valence-electron chi connectivity index (χ1n) is 6.22. The van der Waals surface area contributed by atoms with Crippen LogP contribution in [0, 0.1) is 11.8 Å². The number of halogens is 1. The number of carbonyl (C=O) groups excluding carboxylic acids is 1. The Morgan fingerprint density at radius 1 is 1.41 bits per heavy atom. The fraction of sp³-hybridized carbons (Fsp3) is 0.500. The smallest absolute Gasteiger partial charge is 0.228 e. The molecule has 0 spiro atoms. The Bertz CT molecular complexity index is 467. The fourth-order valence-corrected chi connectivity index (χ4v) is 3.30. The lowest BCUT2D eigenvalue weighted by atomic mass is 9.95. The van der Waals surface area contributed by atoms with Crippen LogP contribution in [-0.2, 0) is 11.2 Å². The molecule has 1 fully saturated rings. The number of nitrogens with one attached hydrogen (secondary N) is 1. The van der Waals surface area contributed by atoms with E-state index in [1.54, 1.807) is 0 Å². The molecule has 1 aromatic rings. The van der Waals surface area contributed by atoms with Gasteiger partial charge in [0.1, 0.15) is 0 Å². The summed E-state index contributed by atoms with van der Waals surface area (Å²) >= 11 is 3.81. The number of hydrogen-bond acceptors (Lipinski definition) is 1. The van der Waals surface area contributed by atoms with Crippen molar-refractivity contribution >= 4 is 27.5 Å². The van der Waals surface area contributed by atoms with Gasteiger partial charge < -0.3 is 5.32 Å². The molecule has 17 heavy (non-hydrogen) atoms. The summed E-state index contributed by atoms with van der Waals surface area (Å²) in [5, 5.41) is 2.87. The van der Waals surface area contributed by atoms with E-state index in [1.165, 1.54) is 18.4 Å². The summed E-state index contributed by atoms with van der Waals surface area (Å²) < 4.78 is 0. The summed E-state index contributed by atoms with van der Waals surface area (Å²) in [6.45, 7) is 2.31. The van der Waals surface area contributed by atoms with Gasteiger partial charge in [-0.15, -0.1) is 0 Å². The van der Waals surface area contributed by atoms with Gasteiger partial charge in [0, 0.05) is 10.5 Å².